The summed E-state index contributed by atoms with van der Waals surface area (Å²) < 4.78 is 10.7. The van der Waals surface area contributed by atoms with Crippen molar-refractivity contribution in [3.8, 4) is 0 Å². The fourth-order valence-corrected chi connectivity index (χ4v) is 4.59. The molecular weight excluding hydrogens is 534 g/mol. The molecule has 0 fully saturated rings. The highest BCUT2D eigenvalue weighted by Gasteiger charge is 2.36. The lowest BCUT2D eigenvalue weighted by Gasteiger charge is -2.23. The predicted molar refractivity (Wildman–Crippen MR) is 163 cm³/mol. The Labute approximate surface area is 247 Å². The molecule has 0 aliphatic carbocycles. The molecule has 8 heteroatoms. The summed E-state index contributed by atoms with van der Waals surface area (Å²) in [6.45, 7) is 3.73. The standard InChI is InChI=1S/C34H41NO7/c1-24-15-16-26(21-25(24)2)11-6-4-10-20-41-31(32(34(39)40)42-23-30(36)37)33(38)35-19-9-3-5-12-27-17-18-28-13-7-8-14-29(28)22-27/h6-8,11,13-18,21-22,31-32H,3-5,9-10,12,19-20,23H2,1-2H3,(H,35,38)(H,36,37)(H,39,40). The van der Waals surface area contributed by atoms with E-state index >= 15 is 0 Å². The molecule has 1 amide bonds. The zero-order chi connectivity index (χ0) is 30.3. The second kappa shape index (κ2) is 17.1. The van der Waals surface area contributed by atoms with Crippen LogP contribution in [0.15, 0.2) is 66.7 Å². The van der Waals surface area contributed by atoms with Gasteiger partial charge in [0.25, 0.3) is 5.91 Å². The van der Waals surface area contributed by atoms with Crippen LogP contribution in [0.1, 0.15) is 54.4 Å². The zero-order valence-corrected chi connectivity index (χ0v) is 24.4. The van der Waals surface area contributed by atoms with E-state index in [1.807, 2.05) is 30.4 Å². The average Bonchev–Trinajstić information content (AvgIpc) is 2.96. The number of amides is 1. The van der Waals surface area contributed by atoms with Crippen LogP contribution in [0.5, 0.6) is 0 Å². The van der Waals surface area contributed by atoms with Crippen LogP contribution in [0.25, 0.3) is 16.8 Å². The maximum atomic E-state index is 12.9. The molecule has 0 aliphatic heterocycles. The third-order valence-electron chi connectivity index (χ3n) is 7.07. The van der Waals surface area contributed by atoms with E-state index in [1.54, 1.807) is 0 Å². The van der Waals surface area contributed by atoms with E-state index in [2.05, 4.69) is 61.6 Å². The van der Waals surface area contributed by atoms with Crippen LogP contribution in [-0.2, 0) is 30.3 Å². The minimum Gasteiger partial charge on any atom is -0.480 e. The molecule has 3 aromatic rings. The van der Waals surface area contributed by atoms with Crippen LogP contribution in [0.3, 0.4) is 0 Å². The number of aliphatic carboxylic acids is 2. The Morgan fingerprint density at radius 3 is 2.36 bits per heavy atom. The fraction of sp³-hybridized carbons (Fsp3) is 0.382. The van der Waals surface area contributed by atoms with Crippen LogP contribution in [-0.4, -0.2) is 60.0 Å². The number of carboxylic acids is 2. The number of aryl methyl sites for hydroxylation is 3. The first-order valence-electron chi connectivity index (χ1n) is 14.4. The van der Waals surface area contributed by atoms with Crippen LogP contribution in [0.2, 0.25) is 0 Å². The van der Waals surface area contributed by atoms with Gasteiger partial charge in [-0.3, -0.25) is 4.79 Å². The molecule has 0 heterocycles. The number of allylic oxidation sites excluding steroid dienone is 1. The smallest absolute Gasteiger partial charge is 0.336 e. The van der Waals surface area contributed by atoms with Crippen LogP contribution >= 0.6 is 0 Å². The second-order valence-corrected chi connectivity index (χ2v) is 10.4. The number of fused-ring (bicyclic) bond motifs is 1. The topological polar surface area (TPSA) is 122 Å². The molecule has 0 aliphatic rings. The number of nitrogens with one attached hydrogen (secondary N) is 1. The molecule has 0 radical (unpaired) electrons. The summed E-state index contributed by atoms with van der Waals surface area (Å²) in [6, 6.07) is 20.9. The minimum absolute atomic E-state index is 0.112. The lowest BCUT2D eigenvalue weighted by atomic mass is 10.0. The summed E-state index contributed by atoms with van der Waals surface area (Å²) in [5.41, 5.74) is 4.78. The molecule has 0 saturated heterocycles. The molecular formula is C34H41NO7. The molecule has 0 aromatic heterocycles. The molecule has 3 rings (SSSR count). The molecule has 42 heavy (non-hydrogen) atoms. The Hall–Kier alpha value is -4.01. The maximum Gasteiger partial charge on any atom is 0.336 e. The number of carbonyl (C=O) groups is 3. The Bertz CT molecular complexity index is 1370. The molecule has 0 spiro atoms. The van der Waals surface area contributed by atoms with Crippen molar-refractivity contribution in [1.82, 2.24) is 5.32 Å². The Morgan fingerprint density at radius 2 is 1.62 bits per heavy atom. The number of hydrogen-bond acceptors (Lipinski definition) is 5. The molecule has 8 nitrogen and oxygen atoms in total. The first kappa shape index (κ1) is 32.5. The second-order valence-electron chi connectivity index (χ2n) is 10.4. The molecule has 3 aromatic carbocycles. The monoisotopic (exact) mass is 575 g/mol. The number of carbonyl (C=O) groups excluding carboxylic acids is 1. The van der Waals surface area contributed by atoms with Crippen molar-refractivity contribution in [2.45, 2.75) is 64.6 Å². The third-order valence-corrected chi connectivity index (χ3v) is 7.07. The molecule has 0 bridgehead atoms. The predicted octanol–water partition coefficient (Wildman–Crippen LogP) is 5.72. The van der Waals surface area contributed by atoms with E-state index in [-0.39, 0.29) is 6.61 Å². The molecule has 224 valence electrons. The van der Waals surface area contributed by atoms with E-state index in [0.29, 0.717) is 25.8 Å². The highest BCUT2D eigenvalue weighted by Crippen LogP contribution is 2.17. The Balaban J connectivity index is 1.46. The molecule has 2 atom stereocenters. The fourth-order valence-electron chi connectivity index (χ4n) is 4.59. The van der Waals surface area contributed by atoms with Gasteiger partial charge < -0.3 is 25.0 Å². The molecule has 0 saturated carbocycles. The van der Waals surface area contributed by atoms with Crippen LogP contribution < -0.4 is 5.32 Å². The van der Waals surface area contributed by atoms with Gasteiger partial charge in [0.2, 0.25) is 0 Å². The van der Waals surface area contributed by atoms with Crippen molar-refractivity contribution < 1.29 is 34.1 Å². The van der Waals surface area contributed by atoms with Gasteiger partial charge in [-0.25, -0.2) is 9.59 Å². The summed E-state index contributed by atoms with van der Waals surface area (Å²) in [6.07, 6.45) is 5.46. The van der Waals surface area contributed by atoms with Crippen molar-refractivity contribution >= 4 is 34.7 Å². The highest BCUT2D eigenvalue weighted by molar-refractivity contribution is 5.88. The van der Waals surface area contributed by atoms with Crippen molar-refractivity contribution in [2.24, 2.45) is 0 Å². The lowest BCUT2D eigenvalue weighted by molar-refractivity contribution is -0.172. The van der Waals surface area contributed by atoms with Crippen LogP contribution in [0, 0.1) is 13.8 Å². The van der Waals surface area contributed by atoms with Gasteiger partial charge in [-0.15, -0.1) is 0 Å². The zero-order valence-electron chi connectivity index (χ0n) is 24.4. The average molecular weight is 576 g/mol. The number of benzene rings is 3. The highest BCUT2D eigenvalue weighted by atomic mass is 16.6. The largest absolute Gasteiger partial charge is 0.480 e. The van der Waals surface area contributed by atoms with E-state index in [1.165, 1.54) is 27.5 Å². The van der Waals surface area contributed by atoms with Crippen molar-refractivity contribution in [2.75, 3.05) is 19.8 Å². The SMILES string of the molecule is Cc1ccc(C=CCCCOC(C(=O)NCCCCCc2ccc3ccccc3c2)C(OCC(=O)O)C(=O)O)cc1C. The maximum absolute atomic E-state index is 12.9. The van der Waals surface area contributed by atoms with Crippen LogP contribution in [0.4, 0.5) is 0 Å². The van der Waals surface area contributed by atoms with Crippen molar-refractivity contribution in [3.63, 3.8) is 0 Å². The van der Waals surface area contributed by atoms with Gasteiger partial charge in [-0.2, -0.15) is 0 Å². The van der Waals surface area contributed by atoms with Gasteiger partial charge in [0, 0.05) is 13.2 Å². The first-order chi connectivity index (χ1) is 20.2. The number of hydrogen-bond donors (Lipinski definition) is 3. The lowest BCUT2D eigenvalue weighted by Crippen LogP contribution is -2.49. The summed E-state index contributed by atoms with van der Waals surface area (Å²) in [5.74, 6) is -3.42. The quantitative estimate of drug-likeness (QED) is 0.166. The van der Waals surface area contributed by atoms with Gasteiger partial charge in [0.05, 0.1) is 0 Å². The number of rotatable bonds is 18. The van der Waals surface area contributed by atoms with E-state index in [0.717, 1.165) is 24.8 Å². The van der Waals surface area contributed by atoms with Crippen molar-refractivity contribution in [1.29, 1.82) is 0 Å². The van der Waals surface area contributed by atoms with E-state index < -0.39 is 36.7 Å². The Kier molecular flexibility index (Phi) is 13.2. The third kappa shape index (κ3) is 10.8. The van der Waals surface area contributed by atoms with Gasteiger partial charge >= 0.3 is 11.9 Å². The first-order valence-corrected chi connectivity index (χ1v) is 14.4. The van der Waals surface area contributed by atoms with Gasteiger partial charge in [0.15, 0.2) is 12.2 Å². The number of ether oxygens (including phenoxy) is 2. The van der Waals surface area contributed by atoms with Crippen molar-refractivity contribution in [3.05, 3.63) is 89.0 Å². The summed E-state index contributed by atoms with van der Waals surface area (Å²) in [7, 11) is 0. The number of unbranched alkanes of at least 4 members (excludes halogenated alkanes) is 3. The minimum atomic E-state index is -1.74. The molecule has 2 unspecified atom stereocenters. The van der Waals surface area contributed by atoms with Gasteiger partial charge in [0.1, 0.15) is 6.61 Å². The van der Waals surface area contributed by atoms with Gasteiger partial charge in [-0.1, -0.05) is 79.2 Å². The molecule has 3 N–H and O–H groups in total. The summed E-state index contributed by atoms with van der Waals surface area (Å²) >= 11 is 0. The summed E-state index contributed by atoms with van der Waals surface area (Å²) in [5, 5.41) is 23.8. The normalized spacial score (nSPS) is 12.8. The van der Waals surface area contributed by atoms with E-state index in [9.17, 15) is 19.5 Å². The number of carboxylic acid groups (broad SMARTS) is 2. The Morgan fingerprint density at radius 1 is 0.833 bits per heavy atom. The summed E-state index contributed by atoms with van der Waals surface area (Å²) in [4.78, 5) is 35.8. The van der Waals surface area contributed by atoms with E-state index in [4.69, 9.17) is 14.6 Å². The van der Waals surface area contributed by atoms with Gasteiger partial charge in [-0.05, 0) is 79.0 Å².